The molecule has 0 aliphatic carbocycles. The molecule has 0 atom stereocenters. The molecule has 0 radical (unpaired) electrons. The molecule has 17 heavy (non-hydrogen) atoms. The molecule has 1 aliphatic rings. The van der Waals surface area contributed by atoms with E-state index < -0.39 is 5.97 Å². The molecule has 0 saturated carbocycles. The third-order valence-electron chi connectivity index (χ3n) is 2.60. The molecular weight excluding hydrogens is 222 g/mol. The molecule has 1 N–H and O–H groups in total. The zero-order valence-electron chi connectivity index (χ0n) is 9.04. The molecule has 0 spiro atoms. The van der Waals surface area contributed by atoms with E-state index in [2.05, 4.69) is 0 Å². The number of hydrogen-bond donors (Lipinski definition) is 1. The molecular formula is C11H9N3O3. The van der Waals surface area contributed by atoms with Crippen LogP contribution in [0.2, 0.25) is 0 Å². The SMILES string of the molecule is CN1CC(=O)N(C#N)c2cc(C(=O)O)ccc21. The predicted molar refractivity (Wildman–Crippen MR) is 59.8 cm³/mol. The summed E-state index contributed by atoms with van der Waals surface area (Å²) in [6.45, 7) is 0.104. The van der Waals surface area contributed by atoms with E-state index in [0.717, 1.165) is 4.90 Å². The van der Waals surface area contributed by atoms with E-state index in [-0.39, 0.29) is 18.0 Å². The molecule has 1 heterocycles. The fraction of sp³-hybridized carbons (Fsp3) is 0.182. The predicted octanol–water partition coefficient (Wildman–Crippen LogP) is 0.649. The molecule has 86 valence electrons. The minimum Gasteiger partial charge on any atom is -0.478 e. The van der Waals surface area contributed by atoms with Gasteiger partial charge in [-0.2, -0.15) is 5.26 Å². The number of aromatic carboxylic acids is 1. The average molecular weight is 231 g/mol. The highest BCUT2D eigenvalue weighted by molar-refractivity contribution is 6.06. The van der Waals surface area contributed by atoms with Gasteiger partial charge in [0.1, 0.15) is 0 Å². The topological polar surface area (TPSA) is 84.6 Å². The van der Waals surface area contributed by atoms with Gasteiger partial charge in [-0.25, -0.2) is 9.69 Å². The number of fused-ring (bicyclic) bond motifs is 1. The number of nitriles is 1. The first-order chi connectivity index (χ1) is 8.04. The maximum absolute atomic E-state index is 11.6. The Bertz CT molecular complexity index is 547. The van der Waals surface area contributed by atoms with E-state index in [9.17, 15) is 9.59 Å². The lowest BCUT2D eigenvalue weighted by Gasteiger charge is -2.31. The molecule has 0 unspecified atom stereocenters. The minimum atomic E-state index is -1.09. The van der Waals surface area contributed by atoms with E-state index >= 15 is 0 Å². The van der Waals surface area contributed by atoms with Crippen molar-refractivity contribution in [3.05, 3.63) is 23.8 Å². The van der Waals surface area contributed by atoms with Crippen molar-refractivity contribution in [3.63, 3.8) is 0 Å². The average Bonchev–Trinajstić information content (AvgIpc) is 2.28. The van der Waals surface area contributed by atoms with E-state index in [4.69, 9.17) is 10.4 Å². The first-order valence-corrected chi connectivity index (χ1v) is 4.85. The van der Waals surface area contributed by atoms with Crippen molar-refractivity contribution in [2.45, 2.75) is 0 Å². The van der Waals surface area contributed by atoms with Crippen LogP contribution >= 0.6 is 0 Å². The second-order valence-corrected chi connectivity index (χ2v) is 3.69. The molecule has 1 aromatic carbocycles. The van der Waals surface area contributed by atoms with Crippen LogP contribution in [-0.2, 0) is 4.79 Å². The van der Waals surface area contributed by atoms with Gasteiger partial charge in [-0.05, 0) is 18.2 Å². The normalized spacial score (nSPS) is 14.2. The Balaban J connectivity index is 2.61. The van der Waals surface area contributed by atoms with Crippen molar-refractivity contribution in [2.75, 3.05) is 23.4 Å². The highest BCUT2D eigenvalue weighted by Crippen LogP contribution is 2.33. The summed E-state index contributed by atoms with van der Waals surface area (Å²) in [6, 6.07) is 4.37. The van der Waals surface area contributed by atoms with Gasteiger partial charge in [0.2, 0.25) is 0 Å². The highest BCUT2D eigenvalue weighted by atomic mass is 16.4. The molecule has 6 nitrogen and oxygen atoms in total. The molecule has 0 bridgehead atoms. The minimum absolute atomic E-state index is 0.0482. The summed E-state index contributed by atoms with van der Waals surface area (Å²) in [7, 11) is 1.71. The Morgan fingerprint density at radius 2 is 2.18 bits per heavy atom. The number of nitrogens with zero attached hydrogens (tertiary/aromatic N) is 3. The number of rotatable bonds is 1. The standard InChI is InChI=1S/C11H9N3O3/c1-13-5-10(15)14(6-12)9-4-7(11(16)17)2-3-8(9)13/h2-4H,5H2,1H3,(H,16,17). The lowest BCUT2D eigenvalue weighted by Crippen LogP contribution is -2.41. The largest absolute Gasteiger partial charge is 0.478 e. The van der Waals surface area contributed by atoms with Crippen molar-refractivity contribution in [2.24, 2.45) is 0 Å². The van der Waals surface area contributed by atoms with Gasteiger partial charge in [0.25, 0.3) is 5.91 Å². The van der Waals surface area contributed by atoms with Crippen LogP contribution in [0.1, 0.15) is 10.4 Å². The van der Waals surface area contributed by atoms with Gasteiger partial charge in [-0.1, -0.05) is 0 Å². The van der Waals surface area contributed by atoms with Crippen molar-refractivity contribution < 1.29 is 14.7 Å². The third-order valence-corrected chi connectivity index (χ3v) is 2.60. The fourth-order valence-corrected chi connectivity index (χ4v) is 1.76. The van der Waals surface area contributed by atoms with E-state index in [0.29, 0.717) is 11.4 Å². The van der Waals surface area contributed by atoms with Crippen LogP contribution < -0.4 is 9.80 Å². The number of carboxylic acid groups (broad SMARTS) is 1. The van der Waals surface area contributed by atoms with Gasteiger partial charge in [0, 0.05) is 7.05 Å². The van der Waals surface area contributed by atoms with Crippen molar-refractivity contribution in [1.82, 2.24) is 0 Å². The third kappa shape index (κ3) is 1.67. The van der Waals surface area contributed by atoms with Gasteiger partial charge in [-0.3, -0.25) is 4.79 Å². The Labute approximate surface area is 97.3 Å². The highest BCUT2D eigenvalue weighted by Gasteiger charge is 2.28. The molecule has 6 heteroatoms. The Morgan fingerprint density at radius 3 is 2.76 bits per heavy atom. The second kappa shape index (κ2) is 3.79. The second-order valence-electron chi connectivity index (χ2n) is 3.69. The van der Waals surface area contributed by atoms with Gasteiger partial charge < -0.3 is 10.0 Å². The molecule has 1 amide bonds. The van der Waals surface area contributed by atoms with Gasteiger partial charge in [0.15, 0.2) is 6.19 Å². The van der Waals surface area contributed by atoms with Crippen LogP contribution in [0, 0.1) is 11.5 Å². The summed E-state index contributed by atoms with van der Waals surface area (Å²) < 4.78 is 0. The molecule has 1 aliphatic heterocycles. The quantitative estimate of drug-likeness (QED) is 0.717. The zero-order chi connectivity index (χ0) is 12.6. The number of anilines is 2. The summed E-state index contributed by atoms with van der Waals surface area (Å²) in [5, 5.41) is 17.8. The van der Waals surface area contributed by atoms with Crippen molar-refractivity contribution >= 4 is 23.3 Å². The number of carbonyl (C=O) groups is 2. The fourth-order valence-electron chi connectivity index (χ4n) is 1.76. The van der Waals surface area contributed by atoms with Crippen LogP contribution in [0.25, 0.3) is 0 Å². The molecule has 1 aromatic rings. The van der Waals surface area contributed by atoms with E-state index in [1.165, 1.54) is 12.1 Å². The molecule has 0 aromatic heterocycles. The molecule has 2 rings (SSSR count). The number of carbonyl (C=O) groups excluding carboxylic acids is 1. The van der Waals surface area contributed by atoms with Gasteiger partial charge >= 0.3 is 5.97 Å². The summed E-state index contributed by atoms with van der Waals surface area (Å²) in [5.41, 5.74) is 1.02. The summed E-state index contributed by atoms with van der Waals surface area (Å²) >= 11 is 0. The summed E-state index contributed by atoms with van der Waals surface area (Å²) in [5.74, 6) is -1.46. The van der Waals surface area contributed by atoms with Crippen LogP contribution in [0.4, 0.5) is 11.4 Å². The maximum atomic E-state index is 11.6. The van der Waals surface area contributed by atoms with Crippen LogP contribution in [0.15, 0.2) is 18.2 Å². The number of amides is 1. The number of hydrogen-bond acceptors (Lipinski definition) is 4. The van der Waals surface area contributed by atoms with Crippen molar-refractivity contribution in [3.8, 4) is 6.19 Å². The van der Waals surface area contributed by atoms with Crippen LogP contribution in [0.5, 0.6) is 0 Å². The lowest BCUT2D eigenvalue weighted by molar-refractivity contribution is -0.116. The zero-order valence-corrected chi connectivity index (χ0v) is 9.04. The Hall–Kier alpha value is -2.55. The van der Waals surface area contributed by atoms with E-state index in [1.807, 2.05) is 0 Å². The maximum Gasteiger partial charge on any atom is 0.335 e. The molecule has 0 fully saturated rings. The number of carboxylic acids is 1. The number of likely N-dealkylation sites (N-methyl/N-ethyl adjacent to an activating group) is 1. The van der Waals surface area contributed by atoms with Gasteiger partial charge in [-0.15, -0.1) is 0 Å². The van der Waals surface area contributed by atoms with Gasteiger partial charge in [0.05, 0.1) is 23.5 Å². The first kappa shape index (κ1) is 11.0. The summed E-state index contributed by atoms with van der Waals surface area (Å²) in [4.78, 5) is 25.0. The van der Waals surface area contributed by atoms with Crippen LogP contribution in [0.3, 0.4) is 0 Å². The van der Waals surface area contributed by atoms with Crippen molar-refractivity contribution in [1.29, 1.82) is 5.26 Å². The lowest BCUT2D eigenvalue weighted by atomic mass is 10.1. The number of benzene rings is 1. The smallest absolute Gasteiger partial charge is 0.335 e. The Morgan fingerprint density at radius 1 is 1.47 bits per heavy atom. The monoisotopic (exact) mass is 231 g/mol. The van der Waals surface area contributed by atoms with E-state index in [1.54, 1.807) is 24.2 Å². The first-order valence-electron chi connectivity index (χ1n) is 4.85. The summed E-state index contributed by atoms with van der Waals surface area (Å²) in [6.07, 6.45) is 1.76. The molecule has 0 saturated heterocycles. The van der Waals surface area contributed by atoms with Crippen LogP contribution in [-0.4, -0.2) is 30.6 Å². The Kier molecular flexibility index (Phi) is 2.44.